The van der Waals surface area contributed by atoms with Gasteiger partial charge in [0, 0.05) is 25.6 Å². The minimum absolute atomic E-state index is 0.341. The van der Waals surface area contributed by atoms with E-state index in [1.165, 1.54) is 6.42 Å². The summed E-state index contributed by atoms with van der Waals surface area (Å²) in [5.74, 6) is 1.38. The van der Waals surface area contributed by atoms with Crippen LogP contribution in [0, 0.1) is 11.8 Å². The van der Waals surface area contributed by atoms with Crippen molar-refractivity contribution in [3.8, 4) is 0 Å². The van der Waals surface area contributed by atoms with E-state index in [1.807, 2.05) is 0 Å². The molecule has 1 aliphatic heterocycles. The maximum Gasteiger partial charge on any atom is 0.226 e. The smallest absolute Gasteiger partial charge is 0.226 e. The van der Waals surface area contributed by atoms with Gasteiger partial charge in [-0.1, -0.05) is 6.92 Å². The van der Waals surface area contributed by atoms with Crippen molar-refractivity contribution in [1.29, 1.82) is 0 Å². The molecule has 18 heavy (non-hydrogen) atoms. The molecule has 1 amide bonds. The zero-order valence-corrected chi connectivity index (χ0v) is 11.6. The number of unbranched alkanes of at least 4 members (excludes halogenated alkanes) is 1. The molecule has 0 radical (unpaired) electrons. The van der Waals surface area contributed by atoms with Crippen molar-refractivity contribution in [1.82, 2.24) is 9.80 Å². The Labute approximate surface area is 110 Å². The van der Waals surface area contributed by atoms with Crippen LogP contribution in [0.3, 0.4) is 0 Å². The number of carbonyl (C=O) groups excluding carboxylic acids is 1. The first kappa shape index (κ1) is 13.8. The highest BCUT2D eigenvalue weighted by molar-refractivity contribution is 5.81. The summed E-state index contributed by atoms with van der Waals surface area (Å²) in [6.45, 7) is 8.16. The van der Waals surface area contributed by atoms with E-state index in [0.717, 1.165) is 58.5 Å². The molecular weight excluding hydrogens is 226 g/mol. The number of nitrogens with zero attached hydrogens (tertiary/aromatic N) is 2. The second-order valence-corrected chi connectivity index (χ2v) is 5.84. The molecule has 4 heteroatoms. The standard InChI is InChI=1S/C14H27N3O/c1-12-11-13(12)14(18)17-8-4-7-16(9-10-17)6-3-2-5-15/h12-13H,2-11,15H2,1H3. The molecule has 2 unspecified atom stereocenters. The van der Waals surface area contributed by atoms with Crippen LogP contribution in [-0.4, -0.2) is 55.0 Å². The molecule has 0 spiro atoms. The van der Waals surface area contributed by atoms with Gasteiger partial charge in [0.05, 0.1) is 0 Å². The van der Waals surface area contributed by atoms with Gasteiger partial charge in [-0.15, -0.1) is 0 Å². The van der Waals surface area contributed by atoms with E-state index < -0.39 is 0 Å². The topological polar surface area (TPSA) is 49.6 Å². The first-order chi connectivity index (χ1) is 8.72. The molecule has 2 aliphatic rings. The van der Waals surface area contributed by atoms with Crippen LogP contribution in [0.1, 0.15) is 32.6 Å². The Bertz CT molecular complexity index is 282. The van der Waals surface area contributed by atoms with E-state index in [-0.39, 0.29) is 0 Å². The predicted molar refractivity (Wildman–Crippen MR) is 73.2 cm³/mol. The van der Waals surface area contributed by atoms with E-state index >= 15 is 0 Å². The number of carbonyl (C=O) groups is 1. The number of rotatable bonds is 5. The first-order valence-electron chi connectivity index (χ1n) is 7.43. The Morgan fingerprint density at radius 1 is 1.22 bits per heavy atom. The highest BCUT2D eigenvalue weighted by atomic mass is 16.2. The molecule has 4 nitrogen and oxygen atoms in total. The lowest BCUT2D eigenvalue weighted by molar-refractivity contribution is -0.132. The van der Waals surface area contributed by atoms with Gasteiger partial charge in [0.2, 0.25) is 5.91 Å². The summed E-state index contributed by atoms with van der Waals surface area (Å²) >= 11 is 0. The lowest BCUT2D eigenvalue weighted by Gasteiger charge is -2.22. The quantitative estimate of drug-likeness (QED) is 0.741. The van der Waals surface area contributed by atoms with Gasteiger partial charge in [-0.05, 0) is 51.2 Å². The largest absolute Gasteiger partial charge is 0.341 e. The van der Waals surface area contributed by atoms with Gasteiger partial charge in [-0.3, -0.25) is 4.79 Å². The van der Waals surface area contributed by atoms with Crippen molar-refractivity contribution in [2.45, 2.75) is 32.6 Å². The van der Waals surface area contributed by atoms with E-state index in [9.17, 15) is 4.79 Å². The van der Waals surface area contributed by atoms with Crippen LogP contribution < -0.4 is 5.73 Å². The van der Waals surface area contributed by atoms with Crippen LogP contribution in [0.5, 0.6) is 0 Å². The maximum atomic E-state index is 12.2. The third-order valence-corrected chi connectivity index (χ3v) is 4.26. The van der Waals surface area contributed by atoms with Crippen LogP contribution in [0.25, 0.3) is 0 Å². The van der Waals surface area contributed by atoms with Gasteiger partial charge >= 0.3 is 0 Å². The second-order valence-electron chi connectivity index (χ2n) is 5.84. The normalized spacial score (nSPS) is 29.1. The molecule has 1 saturated carbocycles. The monoisotopic (exact) mass is 253 g/mol. The average Bonchev–Trinajstić information content (AvgIpc) is 3.12. The Morgan fingerprint density at radius 2 is 2.00 bits per heavy atom. The van der Waals surface area contributed by atoms with Gasteiger partial charge in [0.1, 0.15) is 0 Å². The molecule has 0 aromatic carbocycles. The Balaban J connectivity index is 1.72. The molecule has 1 aliphatic carbocycles. The minimum Gasteiger partial charge on any atom is -0.341 e. The summed E-state index contributed by atoms with van der Waals surface area (Å²) in [4.78, 5) is 16.8. The number of hydrogen-bond acceptors (Lipinski definition) is 3. The third kappa shape index (κ3) is 3.69. The fraction of sp³-hybridized carbons (Fsp3) is 0.929. The lowest BCUT2D eigenvalue weighted by Crippen LogP contribution is -2.36. The molecule has 1 heterocycles. The summed E-state index contributed by atoms with van der Waals surface area (Å²) in [5, 5.41) is 0. The minimum atomic E-state index is 0.341. The molecule has 104 valence electrons. The van der Waals surface area contributed by atoms with Crippen molar-refractivity contribution in [2.24, 2.45) is 17.6 Å². The average molecular weight is 253 g/mol. The molecule has 1 saturated heterocycles. The van der Waals surface area contributed by atoms with E-state index in [0.29, 0.717) is 17.7 Å². The molecule has 0 aromatic rings. The molecular formula is C14H27N3O. The lowest BCUT2D eigenvalue weighted by atomic mass is 10.3. The van der Waals surface area contributed by atoms with Gasteiger partial charge in [-0.2, -0.15) is 0 Å². The third-order valence-electron chi connectivity index (χ3n) is 4.26. The van der Waals surface area contributed by atoms with E-state index in [1.54, 1.807) is 0 Å². The van der Waals surface area contributed by atoms with Crippen molar-refractivity contribution < 1.29 is 4.79 Å². The van der Waals surface area contributed by atoms with Gasteiger partial charge < -0.3 is 15.5 Å². The Morgan fingerprint density at radius 3 is 2.67 bits per heavy atom. The maximum absolute atomic E-state index is 12.2. The summed E-state index contributed by atoms with van der Waals surface area (Å²) in [6.07, 6.45) is 4.52. The Kier molecular flexibility index (Phi) is 5.01. The molecule has 2 rings (SSSR count). The van der Waals surface area contributed by atoms with Crippen LogP contribution in [0.4, 0.5) is 0 Å². The van der Waals surface area contributed by atoms with Crippen molar-refractivity contribution in [2.75, 3.05) is 39.3 Å². The second kappa shape index (κ2) is 6.53. The summed E-state index contributed by atoms with van der Waals surface area (Å²) in [6, 6.07) is 0. The van der Waals surface area contributed by atoms with E-state index in [4.69, 9.17) is 5.73 Å². The molecule has 2 atom stereocenters. The van der Waals surface area contributed by atoms with Crippen molar-refractivity contribution in [3.63, 3.8) is 0 Å². The zero-order chi connectivity index (χ0) is 13.0. The molecule has 2 N–H and O–H groups in total. The molecule has 2 fully saturated rings. The van der Waals surface area contributed by atoms with Crippen LogP contribution in [0.2, 0.25) is 0 Å². The fourth-order valence-corrected chi connectivity index (χ4v) is 2.80. The summed E-state index contributed by atoms with van der Waals surface area (Å²) in [7, 11) is 0. The fourth-order valence-electron chi connectivity index (χ4n) is 2.80. The molecule has 0 aromatic heterocycles. The zero-order valence-electron chi connectivity index (χ0n) is 11.6. The molecule has 0 bridgehead atoms. The highest BCUT2D eigenvalue weighted by Crippen LogP contribution is 2.39. The summed E-state index contributed by atoms with van der Waals surface area (Å²) in [5.41, 5.74) is 5.52. The highest BCUT2D eigenvalue weighted by Gasteiger charge is 2.41. The predicted octanol–water partition coefficient (Wildman–Crippen LogP) is 0.916. The first-order valence-corrected chi connectivity index (χ1v) is 7.43. The van der Waals surface area contributed by atoms with Crippen molar-refractivity contribution in [3.05, 3.63) is 0 Å². The van der Waals surface area contributed by atoms with Crippen LogP contribution in [-0.2, 0) is 4.79 Å². The van der Waals surface area contributed by atoms with Crippen LogP contribution in [0.15, 0.2) is 0 Å². The van der Waals surface area contributed by atoms with Gasteiger partial charge in [-0.25, -0.2) is 0 Å². The number of nitrogens with two attached hydrogens (primary N) is 1. The number of hydrogen-bond donors (Lipinski definition) is 1. The number of amides is 1. The summed E-state index contributed by atoms with van der Waals surface area (Å²) < 4.78 is 0. The van der Waals surface area contributed by atoms with Crippen LogP contribution >= 0.6 is 0 Å². The van der Waals surface area contributed by atoms with Gasteiger partial charge in [0.25, 0.3) is 0 Å². The Hall–Kier alpha value is -0.610. The van der Waals surface area contributed by atoms with Crippen molar-refractivity contribution >= 4 is 5.91 Å². The van der Waals surface area contributed by atoms with Gasteiger partial charge in [0.15, 0.2) is 0 Å². The van der Waals surface area contributed by atoms with E-state index in [2.05, 4.69) is 16.7 Å². The SMILES string of the molecule is CC1CC1C(=O)N1CCCN(CCCCN)CC1.